The zero-order valence-corrected chi connectivity index (χ0v) is 11.5. The van der Waals surface area contributed by atoms with Crippen molar-refractivity contribution in [2.45, 2.75) is 38.8 Å². The Balaban J connectivity index is 2.95. The summed E-state index contributed by atoms with van der Waals surface area (Å²) >= 11 is 7.47. The number of nitrogens with one attached hydrogen (secondary N) is 1. The summed E-state index contributed by atoms with van der Waals surface area (Å²) in [5.74, 6) is 5.64. The second-order valence-electron chi connectivity index (χ2n) is 3.84. The van der Waals surface area contributed by atoms with Crippen LogP contribution in [0, 0.1) is 0 Å². The first-order valence-electron chi connectivity index (χ1n) is 5.42. The molecule has 0 radical (unpaired) electrons. The summed E-state index contributed by atoms with van der Waals surface area (Å²) in [5, 5.41) is 0. The van der Waals surface area contributed by atoms with Gasteiger partial charge in [0.2, 0.25) is 0 Å². The van der Waals surface area contributed by atoms with Gasteiger partial charge in [-0.1, -0.05) is 18.5 Å². The van der Waals surface area contributed by atoms with Crippen LogP contribution in [-0.4, -0.2) is 12.2 Å². The summed E-state index contributed by atoms with van der Waals surface area (Å²) in [7, 11) is 0. The Bertz CT molecular complexity index is 332. The van der Waals surface area contributed by atoms with Crippen molar-refractivity contribution in [1.82, 2.24) is 5.43 Å². The highest BCUT2D eigenvalue weighted by Crippen LogP contribution is 2.36. The normalized spacial score (nSPS) is 17.1. The molecule has 16 heavy (non-hydrogen) atoms. The molecule has 0 aliphatic carbocycles. The summed E-state index contributed by atoms with van der Waals surface area (Å²) in [6, 6.07) is 3.84. The minimum atomic E-state index is -0.308. The number of halogens is 1. The molecule has 2 atom stereocenters. The van der Waals surface area contributed by atoms with Crippen molar-refractivity contribution in [3.63, 3.8) is 0 Å². The molecule has 0 amide bonds. The van der Waals surface area contributed by atoms with Crippen LogP contribution in [0.3, 0.4) is 0 Å². The number of hydrogen-bond acceptors (Lipinski definition) is 4. The number of ether oxygens (including phenoxy) is 1. The minimum absolute atomic E-state index is 0.0325. The number of thiophene rings is 1. The molecule has 1 aromatic rings. The predicted molar refractivity (Wildman–Crippen MR) is 69.7 cm³/mol. The lowest BCUT2D eigenvalue weighted by Crippen LogP contribution is -2.45. The maximum atomic E-state index is 5.94. The molecule has 1 heterocycles. The number of nitrogens with two attached hydrogens (primary N) is 1. The zero-order chi connectivity index (χ0) is 12.2. The Morgan fingerprint density at radius 2 is 2.25 bits per heavy atom. The standard InChI is InChI=1S/C11H19ClN2OS/c1-4-11(3,15-5-2)10(14-13)8-6-7-9(12)16-8/h6-7,10,14H,4-5,13H2,1-3H3. The summed E-state index contributed by atoms with van der Waals surface area (Å²) in [6.45, 7) is 6.81. The van der Waals surface area contributed by atoms with E-state index in [-0.39, 0.29) is 11.6 Å². The molecule has 2 unspecified atom stereocenters. The molecule has 5 heteroatoms. The van der Waals surface area contributed by atoms with Gasteiger partial charge in [0, 0.05) is 11.5 Å². The first kappa shape index (κ1) is 13.9. The topological polar surface area (TPSA) is 47.3 Å². The van der Waals surface area contributed by atoms with Gasteiger partial charge in [-0.05, 0) is 32.4 Å². The first-order chi connectivity index (χ1) is 7.57. The molecule has 0 aliphatic rings. The van der Waals surface area contributed by atoms with Crippen molar-refractivity contribution in [2.24, 2.45) is 5.84 Å². The molecule has 1 rings (SSSR count). The molecule has 3 N–H and O–H groups in total. The van der Waals surface area contributed by atoms with Gasteiger partial charge in [0.15, 0.2) is 0 Å². The van der Waals surface area contributed by atoms with Crippen LogP contribution < -0.4 is 11.3 Å². The van der Waals surface area contributed by atoms with Gasteiger partial charge < -0.3 is 4.74 Å². The van der Waals surface area contributed by atoms with E-state index in [1.807, 2.05) is 19.1 Å². The van der Waals surface area contributed by atoms with Gasteiger partial charge in [-0.2, -0.15) is 0 Å². The second-order valence-corrected chi connectivity index (χ2v) is 5.59. The van der Waals surface area contributed by atoms with Gasteiger partial charge in [0.1, 0.15) is 0 Å². The van der Waals surface area contributed by atoms with E-state index in [4.69, 9.17) is 22.2 Å². The fourth-order valence-corrected chi connectivity index (χ4v) is 3.02. The van der Waals surface area contributed by atoms with Crippen LogP contribution in [0.25, 0.3) is 0 Å². The lowest BCUT2D eigenvalue weighted by molar-refractivity contribution is -0.0555. The van der Waals surface area contributed by atoms with Gasteiger partial charge in [0.25, 0.3) is 0 Å². The molecule has 0 bridgehead atoms. The smallest absolute Gasteiger partial charge is 0.0931 e. The third-order valence-electron chi connectivity index (χ3n) is 2.83. The van der Waals surface area contributed by atoms with Gasteiger partial charge in [0.05, 0.1) is 16.0 Å². The van der Waals surface area contributed by atoms with E-state index in [2.05, 4.69) is 19.3 Å². The van der Waals surface area contributed by atoms with E-state index < -0.39 is 0 Å². The number of rotatable bonds is 6. The molecular weight excluding hydrogens is 244 g/mol. The Kier molecular flexibility index (Phi) is 5.21. The fraction of sp³-hybridized carbons (Fsp3) is 0.636. The Hall–Kier alpha value is -0.130. The highest BCUT2D eigenvalue weighted by molar-refractivity contribution is 7.16. The van der Waals surface area contributed by atoms with Crippen molar-refractivity contribution in [3.8, 4) is 0 Å². The maximum Gasteiger partial charge on any atom is 0.0931 e. The maximum absolute atomic E-state index is 5.94. The lowest BCUT2D eigenvalue weighted by atomic mass is 9.92. The summed E-state index contributed by atoms with van der Waals surface area (Å²) in [5.41, 5.74) is 2.53. The van der Waals surface area contributed by atoms with E-state index in [1.165, 1.54) is 11.3 Å². The molecule has 0 aromatic carbocycles. The molecule has 92 valence electrons. The average molecular weight is 263 g/mol. The van der Waals surface area contributed by atoms with Crippen LogP contribution in [0.2, 0.25) is 4.34 Å². The van der Waals surface area contributed by atoms with Crippen LogP contribution in [0.1, 0.15) is 38.1 Å². The van der Waals surface area contributed by atoms with Gasteiger partial charge in [-0.3, -0.25) is 5.84 Å². The SMILES string of the molecule is CCOC(C)(CC)C(NN)c1ccc(Cl)s1. The first-order valence-corrected chi connectivity index (χ1v) is 6.62. The monoisotopic (exact) mass is 262 g/mol. The molecule has 0 fully saturated rings. The van der Waals surface area contributed by atoms with Crippen LogP contribution in [0.15, 0.2) is 12.1 Å². The summed E-state index contributed by atoms with van der Waals surface area (Å²) in [4.78, 5) is 1.10. The fourth-order valence-electron chi connectivity index (χ4n) is 1.76. The number of hydrogen-bond donors (Lipinski definition) is 2. The Morgan fingerprint density at radius 3 is 2.62 bits per heavy atom. The van der Waals surface area contributed by atoms with E-state index >= 15 is 0 Å². The van der Waals surface area contributed by atoms with Crippen LogP contribution in [0.5, 0.6) is 0 Å². The number of hydrazine groups is 1. The van der Waals surface area contributed by atoms with Crippen molar-refractivity contribution in [1.29, 1.82) is 0 Å². The van der Waals surface area contributed by atoms with E-state index in [0.717, 1.165) is 15.6 Å². The van der Waals surface area contributed by atoms with E-state index in [9.17, 15) is 0 Å². The van der Waals surface area contributed by atoms with Crippen molar-refractivity contribution in [2.75, 3.05) is 6.61 Å². The van der Waals surface area contributed by atoms with Crippen LogP contribution in [0.4, 0.5) is 0 Å². The summed E-state index contributed by atoms with van der Waals surface area (Å²) < 4.78 is 6.59. The highest BCUT2D eigenvalue weighted by atomic mass is 35.5. The van der Waals surface area contributed by atoms with Gasteiger partial charge in [-0.15, -0.1) is 11.3 Å². The van der Waals surface area contributed by atoms with Crippen LogP contribution >= 0.6 is 22.9 Å². The lowest BCUT2D eigenvalue weighted by Gasteiger charge is -2.35. The van der Waals surface area contributed by atoms with Crippen molar-refractivity contribution in [3.05, 3.63) is 21.3 Å². The largest absolute Gasteiger partial charge is 0.374 e. The third kappa shape index (κ3) is 2.96. The minimum Gasteiger partial charge on any atom is -0.374 e. The van der Waals surface area contributed by atoms with E-state index in [1.54, 1.807) is 0 Å². The van der Waals surface area contributed by atoms with Crippen LogP contribution in [-0.2, 0) is 4.74 Å². The average Bonchev–Trinajstić information content (AvgIpc) is 2.66. The van der Waals surface area contributed by atoms with Gasteiger partial charge in [-0.25, -0.2) is 5.43 Å². The molecule has 0 saturated heterocycles. The van der Waals surface area contributed by atoms with E-state index in [0.29, 0.717) is 6.61 Å². The highest BCUT2D eigenvalue weighted by Gasteiger charge is 2.34. The molecule has 3 nitrogen and oxygen atoms in total. The Morgan fingerprint density at radius 1 is 1.56 bits per heavy atom. The van der Waals surface area contributed by atoms with Gasteiger partial charge >= 0.3 is 0 Å². The Labute approximate surface area is 106 Å². The second kappa shape index (κ2) is 5.98. The summed E-state index contributed by atoms with van der Waals surface area (Å²) in [6.07, 6.45) is 0.880. The quantitative estimate of drug-likeness (QED) is 0.612. The third-order valence-corrected chi connectivity index (χ3v) is 4.13. The molecule has 0 saturated carbocycles. The molecular formula is C11H19ClN2OS. The molecule has 0 spiro atoms. The predicted octanol–water partition coefficient (Wildman–Crippen LogP) is 3.11. The molecule has 1 aromatic heterocycles. The zero-order valence-electron chi connectivity index (χ0n) is 9.92. The molecule has 0 aliphatic heterocycles. The van der Waals surface area contributed by atoms with Crippen molar-refractivity contribution >= 4 is 22.9 Å². The van der Waals surface area contributed by atoms with Crippen molar-refractivity contribution < 1.29 is 4.74 Å².